The molecule has 1 heterocycles. The molecule has 0 spiro atoms. The van der Waals surface area contributed by atoms with E-state index in [0.717, 1.165) is 0 Å². The summed E-state index contributed by atoms with van der Waals surface area (Å²) in [4.78, 5) is 17.8. The zero-order valence-electron chi connectivity index (χ0n) is 9.68. The number of aromatic amines is 1. The lowest BCUT2D eigenvalue weighted by molar-refractivity contribution is 0.144. The summed E-state index contributed by atoms with van der Waals surface area (Å²) < 4.78 is 25.2. The van der Waals surface area contributed by atoms with Crippen molar-refractivity contribution in [1.82, 2.24) is 9.97 Å². The molecule has 0 atom stereocenters. The smallest absolute Gasteiger partial charge is 0.280 e. The highest BCUT2D eigenvalue weighted by Crippen LogP contribution is 2.28. The fraction of sp³-hybridized carbons (Fsp3) is 0.167. The van der Waals surface area contributed by atoms with Gasteiger partial charge in [-0.1, -0.05) is 23.2 Å². The number of hydrogen-bond donors (Lipinski definition) is 1. The standard InChI is InChI=1S/C12H8Cl2F2N2O/c1-5-9(11(15)16)18-12(19)10(17-5)7-3-2-6(13)4-8(7)14/h2-4,11H,1H3,(H,18,19). The van der Waals surface area contributed by atoms with Crippen LogP contribution >= 0.6 is 23.2 Å². The normalized spacial score (nSPS) is 11.1. The molecule has 0 aliphatic heterocycles. The lowest BCUT2D eigenvalue weighted by Crippen LogP contribution is -2.16. The Morgan fingerprint density at radius 3 is 2.58 bits per heavy atom. The van der Waals surface area contributed by atoms with Gasteiger partial charge in [-0.3, -0.25) is 4.79 Å². The van der Waals surface area contributed by atoms with Crippen molar-refractivity contribution in [3.05, 3.63) is 50.0 Å². The van der Waals surface area contributed by atoms with E-state index in [1.165, 1.54) is 19.1 Å². The first kappa shape index (κ1) is 14.0. The fourth-order valence-electron chi connectivity index (χ4n) is 1.63. The second-order valence-electron chi connectivity index (χ2n) is 3.84. The van der Waals surface area contributed by atoms with Gasteiger partial charge in [0, 0.05) is 10.6 Å². The largest absolute Gasteiger partial charge is 0.318 e. The van der Waals surface area contributed by atoms with Crippen molar-refractivity contribution in [1.29, 1.82) is 0 Å². The Morgan fingerprint density at radius 2 is 2.00 bits per heavy atom. The minimum atomic E-state index is -2.78. The number of halogens is 4. The van der Waals surface area contributed by atoms with Crippen molar-refractivity contribution in [3.63, 3.8) is 0 Å². The van der Waals surface area contributed by atoms with Gasteiger partial charge in [0.05, 0.1) is 10.7 Å². The van der Waals surface area contributed by atoms with Gasteiger partial charge in [0.15, 0.2) is 0 Å². The molecular formula is C12H8Cl2F2N2O. The molecule has 0 aliphatic carbocycles. The van der Waals surface area contributed by atoms with E-state index in [1.807, 2.05) is 0 Å². The first-order valence-electron chi connectivity index (χ1n) is 5.24. The van der Waals surface area contributed by atoms with Crippen molar-refractivity contribution in [2.24, 2.45) is 0 Å². The monoisotopic (exact) mass is 304 g/mol. The van der Waals surface area contributed by atoms with Crippen molar-refractivity contribution in [2.45, 2.75) is 13.3 Å². The summed E-state index contributed by atoms with van der Waals surface area (Å²) in [7, 11) is 0. The molecule has 0 aliphatic rings. The van der Waals surface area contributed by atoms with Gasteiger partial charge in [-0.15, -0.1) is 0 Å². The average Bonchev–Trinajstić information content (AvgIpc) is 2.32. The minimum Gasteiger partial charge on any atom is -0.318 e. The van der Waals surface area contributed by atoms with E-state index in [2.05, 4.69) is 9.97 Å². The maximum absolute atomic E-state index is 12.6. The van der Waals surface area contributed by atoms with E-state index in [-0.39, 0.29) is 16.4 Å². The number of aryl methyl sites for hydroxylation is 1. The molecule has 0 radical (unpaired) electrons. The molecule has 100 valence electrons. The Hall–Kier alpha value is -1.46. The Balaban J connectivity index is 2.64. The van der Waals surface area contributed by atoms with Crippen LogP contribution < -0.4 is 5.56 Å². The van der Waals surface area contributed by atoms with Crippen LogP contribution in [0.5, 0.6) is 0 Å². The summed E-state index contributed by atoms with van der Waals surface area (Å²) in [5.41, 5.74) is -0.820. The van der Waals surface area contributed by atoms with Gasteiger partial charge in [0.25, 0.3) is 12.0 Å². The van der Waals surface area contributed by atoms with Crippen LogP contribution in [0.1, 0.15) is 17.8 Å². The highest BCUT2D eigenvalue weighted by Gasteiger charge is 2.17. The van der Waals surface area contributed by atoms with Gasteiger partial charge in [0.2, 0.25) is 0 Å². The topological polar surface area (TPSA) is 45.8 Å². The first-order valence-corrected chi connectivity index (χ1v) is 6.00. The summed E-state index contributed by atoms with van der Waals surface area (Å²) in [5, 5.41) is 0.640. The highest BCUT2D eigenvalue weighted by molar-refractivity contribution is 6.36. The lowest BCUT2D eigenvalue weighted by atomic mass is 10.1. The number of aromatic nitrogens is 2. The summed E-state index contributed by atoms with van der Waals surface area (Å²) in [5.74, 6) is 0. The summed E-state index contributed by atoms with van der Waals surface area (Å²) in [6.07, 6.45) is -2.78. The molecular weight excluding hydrogens is 297 g/mol. The second-order valence-corrected chi connectivity index (χ2v) is 4.68. The Morgan fingerprint density at radius 1 is 1.32 bits per heavy atom. The molecule has 3 nitrogen and oxygen atoms in total. The molecule has 0 unspecified atom stereocenters. The predicted molar refractivity (Wildman–Crippen MR) is 70.0 cm³/mol. The van der Waals surface area contributed by atoms with Crippen molar-refractivity contribution >= 4 is 23.2 Å². The van der Waals surface area contributed by atoms with Gasteiger partial charge in [0.1, 0.15) is 11.4 Å². The van der Waals surface area contributed by atoms with Crippen LogP contribution in [0.25, 0.3) is 11.3 Å². The summed E-state index contributed by atoms with van der Waals surface area (Å²) in [6.45, 7) is 1.39. The molecule has 1 N–H and O–H groups in total. The van der Waals surface area contributed by atoms with Gasteiger partial charge in [-0.25, -0.2) is 13.8 Å². The van der Waals surface area contributed by atoms with Crippen LogP contribution in [-0.4, -0.2) is 9.97 Å². The first-order chi connectivity index (χ1) is 8.90. The molecule has 0 fully saturated rings. The fourth-order valence-corrected chi connectivity index (χ4v) is 2.13. The molecule has 0 bridgehead atoms. The lowest BCUT2D eigenvalue weighted by Gasteiger charge is -2.08. The van der Waals surface area contributed by atoms with E-state index < -0.39 is 17.7 Å². The van der Waals surface area contributed by atoms with Crippen molar-refractivity contribution in [3.8, 4) is 11.3 Å². The molecule has 7 heteroatoms. The average molecular weight is 305 g/mol. The van der Waals surface area contributed by atoms with E-state index >= 15 is 0 Å². The van der Waals surface area contributed by atoms with E-state index in [9.17, 15) is 13.6 Å². The molecule has 1 aromatic carbocycles. The molecule has 0 saturated carbocycles. The maximum atomic E-state index is 12.6. The van der Waals surface area contributed by atoms with Crippen LogP contribution in [0, 0.1) is 6.92 Å². The van der Waals surface area contributed by atoms with E-state index in [0.29, 0.717) is 10.6 Å². The van der Waals surface area contributed by atoms with Gasteiger partial charge < -0.3 is 4.98 Å². The Labute approximate surface area is 117 Å². The predicted octanol–water partition coefficient (Wildman–Crippen LogP) is 3.99. The van der Waals surface area contributed by atoms with E-state index in [1.54, 1.807) is 6.07 Å². The van der Waals surface area contributed by atoms with E-state index in [4.69, 9.17) is 23.2 Å². The van der Waals surface area contributed by atoms with Crippen LogP contribution in [0.3, 0.4) is 0 Å². The van der Waals surface area contributed by atoms with Crippen LogP contribution in [-0.2, 0) is 0 Å². The van der Waals surface area contributed by atoms with Gasteiger partial charge >= 0.3 is 0 Å². The molecule has 2 aromatic rings. The number of benzene rings is 1. The molecule has 0 amide bonds. The zero-order valence-corrected chi connectivity index (χ0v) is 11.2. The quantitative estimate of drug-likeness (QED) is 0.912. The van der Waals surface area contributed by atoms with Gasteiger partial charge in [-0.2, -0.15) is 0 Å². The molecule has 19 heavy (non-hydrogen) atoms. The van der Waals surface area contributed by atoms with Crippen molar-refractivity contribution < 1.29 is 8.78 Å². The molecule has 2 rings (SSSR count). The number of H-pyrrole nitrogens is 1. The Bertz CT molecular complexity index is 686. The number of alkyl halides is 2. The SMILES string of the molecule is Cc1nc(-c2ccc(Cl)cc2Cl)c(=O)[nH]c1C(F)F. The molecule has 0 saturated heterocycles. The number of nitrogens with one attached hydrogen (secondary N) is 1. The van der Waals surface area contributed by atoms with Crippen LogP contribution in [0.2, 0.25) is 10.0 Å². The summed E-state index contributed by atoms with van der Waals surface area (Å²) in [6, 6.07) is 4.51. The third kappa shape index (κ3) is 2.77. The third-order valence-corrected chi connectivity index (χ3v) is 3.08. The van der Waals surface area contributed by atoms with Crippen LogP contribution in [0.15, 0.2) is 23.0 Å². The molecule has 1 aromatic heterocycles. The zero-order chi connectivity index (χ0) is 14.2. The number of hydrogen-bond acceptors (Lipinski definition) is 2. The second kappa shape index (κ2) is 5.27. The summed E-state index contributed by atoms with van der Waals surface area (Å²) >= 11 is 11.7. The Kier molecular flexibility index (Phi) is 3.87. The van der Waals surface area contributed by atoms with Gasteiger partial charge in [-0.05, 0) is 25.1 Å². The van der Waals surface area contributed by atoms with Crippen LogP contribution in [0.4, 0.5) is 8.78 Å². The maximum Gasteiger partial charge on any atom is 0.280 e. The minimum absolute atomic E-state index is 0.0106. The number of rotatable bonds is 2. The third-order valence-electron chi connectivity index (χ3n) is 2.54. The number of nitrogens with zero attached hydrogens (tertiary/aromatic N) is 1. The van der Waals surface area contributed by atoms with Crippen molar-refractivity contribution in [2.75, 3.05) is 0 Å². The highest BCUT2D eigenvalue weighted by atomic mass is 35.5.